The van der Waals surface area contributed by atoms with Crippen LogP contribution in [0.1, 0.15) is 51.2 Å². The Bertz CT molecular complexity index is 1170. The molecule has 2 aromatic rings. The van der Waals surface area contributed by atoms with Gasteiger partial charge >= 0.3 is 5.97 Å². The largest absolute Gasteiger partial charge is 0.494 e. The molecule has 0 radical (unpaired) electrons. The standard InChI is InChI=1S/C28H34N2O8/c1-27(2,3)38-24(32)11-12-28(26(33)29-16-19-5-10-22-23(15-19)37-18-36-22)17-35-25(30-28)20-6-8-21(9-7-20)34-14-4-13-31/h5-10,15,31H,4,11-14,16-18H2,1-3H3,(H,29,33)/t28-/m1/s1. The summed E-state index contributed by atoms with van der Waals surface area (Å²) >= 11 is 0. The molecule has 2 N–H and O–H groups in total. The van der Waals surface area contributed by atoms with Crippen LogP contribution in [0.2, 0.25) is 0 Å². The van der Waals surface area contributed by atoms with E-state index in [9.17, 15) is 9.59 Å². The highest BCUT2D eigenvalue weighted by molar-refractivity contribution is 6.00. The molecule has 0 aliphatic carbocycles. The van der Waals surface area contributed by atoms with Crippen LogP contribution in [0.5, 0.6) is 17.2 Å². The van der Waals surface area contributed by atoms with Crippen LogP contribution < -0.4 is 19.5 Å². The summed E-state index contributed by atoms with van der Waals surface area (Å²) in [5, 5.41) is 11.9. The van der Waals surface area contributed by atoms with Gasteiger partial charge in [-0.25, -0.2) is 4.99 Å². The van der Waals surface area contributed by atoms with Gasteiger partial charge in [0.2, 0.25) is 12.7 Å². The van der Waals surface area contributed by atoms with Gasteiger partial charge in [-0.05, 0) is 69.2 Å². The molecule has 0 saturated heterocycles. The van der Waals surface area contributed by atoms with Gasteiger partial charge in [0, 0.05) is 31.6 Å². The highest BCUT2D eigenvalue weighted by Crippen LogP contribution is 2.33. The molecule has 0 aromatic heterocycles. The average Bonchev–Trinajstić information content (AvgIpc) is 3.53. The van der Waals surface area contributed by atoms with Crippen LogP contribution >= 0.6 is 0 Å². The summed E-state index contributed by atoms with van der Waals surface area (Å²) in [6.07, 6.45) is 0.673. The van der Waals surface area contributed by atoms with E-state index in [1.165, 1.54) is 0 Å². The number of nitrogens with zero attached hydrogens (tertiary/aromatic N) is 1. The van der Waals surface area contributed by atoms with Crippen molar-refractivity contribution in [3.8, 4) is 17.2 Å². The van der Waals surface area contributed by atoms with Crippen molar-refractivity contribution in [2.75, 3.05) is 26.6 Å². The van der Waals surface area contributed by atoms with E-state index >= 15 is 0 Å². The molecule has 0 fully saturated rings. The number of fused-ring (bicyclic) bond motifs is 1. The second-order valence-corrected chi connectivity index (χ2v) is 10.1. The van der Waals surface area contributed by atoms with Gasteiger partial charge < -0.3 is 34.1 Å². The monoisotopic (exact) mass is 526 g/mol. The molecule has 0 spiro atoms. The third kappa shape index (κ3) is 6.95. The predicted octanol–water partition coefficient (Wildman–Crippen LogP) is 3.13. The number of esters is 1. The molecule has 10 nitrogen and oxygen atoms in total. The molecule has 0 saturated carbocycles. The van der Waals surface area contributed by atoms with Crippen LogP contribution in [0.4, 0.5) is 0 Å². The molecular formula is C28H34N2O8. The van der Waals surface area contributed by atoms with Crippen molar-refractivity contribution in [1.82, 2.24) is 5.32 Å². The Morgan fingerprint density at radius 2 is 1.84 bits per heavy atom. The summed E-state index contributed by atoms with van der Waals surface area (Å²) in [4.78, 5) is 30.7. The van der Waals surface area contributed by atoms with Gasteiger partial charge in [-0.1, -0.05) is 6.07 Å². The van der Waals surface area contributed by atoms with E-state index < -0.39 is 17.1 Å². The van der Waals surface area contributed by atoms with Crippen LogP contribution in [0, 0.1) is 0 Å². The topological polar surface area (TPSA) is 125 Å². The fourth-order valence-corrected chi connectivity index (χ4v) is 4.00. The van der Waals surface area contributed by atoms with E-state index in [0.29, 0.717) is 41.7 Å². The zero-order valence-electron chi connectivity index (χ0n) is 22.0. The van der Waals surface area contributed by atoms with Crippen LogP contribution in [0.25, 0.3) is 0 Å². The van der Waals surface area contributed by atoms with Crippen LogP contribution in [-0.4, -0.2) is 60.6 Å². The number of hydrogen-bond acceptors (Lipinski definition) is 9. The summed E-state index contributed by atoms with van der Waals surface area (Å²) in [6, 6.07) is 12.6. The normalized spacial score (nSPS) is 17.9. The lowest BCUT2D eigenvalue weighted by atomic mass is 9.94. The van der Waals surface area contributed by atoms with E-state index in [2.05, 4.69) is 10.3 Å². The van der Waals surface area contributed by atoms with Crippen molar-refractivity contribution in [1.29, 1.82) is 0 Å². The fourth-order valence-electron chi connectivity index (χ4n) is 4.00. The maximum absolute atomic E-state index is 13.5. The van der Waals surface area contributed by atoms with Gasteiger partial charge in [0.15, 0.2) is 17.0 Å². The van der Waals surface area contributed by atoms with Crippen molar-refractivity contribution in [2.45, 2.75) is 57.7 Å². The minimum Gasteiger partial charge on any atom is -0.494 e. The Morgan fingerprint density at radius 1 is 1.08 bits per heavy atom. The van der Waals surface area contributed by atoms with Crippen LogP contribution in [-0.2, 0) is 25.6 Å². The maximum Gasteiger partial charge on any atom is 0.306 e. The van der Waals surface area contributed by atoms with E-state index in [-0.39, 0.29) is 45.3 Å². The second kappa shape index (κ2) is 11.7. The highest BCUT2D eigenvalue weighted by atomic mass is 16.7. The first-order chi connectivity index (χ1) is 18.2. The third-order valence-corrected chi connectivity index (χ3v) is 5.91. The fraction of sp³-hybridized carbons (Fsp3) is 0.464. The van der Waals surface area contributed by atoms with Crippen molar-refractivity contribution in [2.24, 2.45) is 4.99 Å². The molecule has 38 heavy (non-hydrogen) atoms. The Morgan fingerprint density at radius 3 is 2.58 bits per heavy atom. The van der Waals surface area contributed by atoms with E-state index in [4.69, 9.17) is 28.8 Å². The number of benzene rings is 2. The molecule has 2 aliphatic heterocycles. The van der Waals surface area contributed by atoms with Gasteiger partial charge in [0.05, 0.1) is 6.61 Å². The summed E-state index contributed by atoms with van der Waals surface area (Å²) in [5.74, 6) is 1.50. The van der Waals surface area contributed by atoms with Crippen molar-refractivity contribution < 1.29 is 38.4 Å². The Labute approximate surface area is 221 Å². The summed E-state index contributed by atoms with van der Waals surface area (Å²) in [6.45, 7) is 6.26. The zero-order valence-corrected chi connectivity index (χ0v) is 22.0. The van der Waals surface area contributed by atoms with Gasteiger partial charge in [-0.3, -0.25) is 9.59 Å². The summed E-state index contributed by atoms with van der Waals surface area (Å²) in [5.41, 5.74) is -0.404. The SMILES string of the molecule is CC(C)(C)OC(=O)CC[C@]1(C(=O)NCc2ccc3c(c2)OCO3)COC(c2ccc(OCCCO)cc2)=N1. The average molecular weight is 527 g/mol. The molecule has 1 amide bonds. The summed E-state index contributed by atoms with van der Waals surface area (Å²) in [7, 11) is 0. The number of carbonyl (C=O) groups excluding carboxylic acids is 2. The van der Waals surface area contributed by atoms with Gasteiger partial charge in [0.25, 0.3) is 5.91 Å². The lowest BCUT2D eigenvalue weighted by molar-refractivity contribution is -0.155. The second-order valence-electron chi connectivity index (χ2n) is 10.1. The molecule has 10 heteroatoms. The van der Waals surface area contributed by atoms with E-state index in [0.717, 1.165) is 5.56 Å². The van der Waals surface area contributed by atoms with Crippen molar-refractivity contribution >= 4 is 17.8 Å². The highest BCUT2D eigenvalue weighted by Gasteiger charge is 2.44. The Kier molecular flexibility index (Phi) is 8.41. The number of aliphatic hydroxyl groups excluding tert-OH is 1. The molecular weight excluding hydrogens is 492 g/mol. The maximum atomic E-state index is 13.5. The number of aliphatic hydroxyl groups is 1. The van der Waals surface area contributed by atoms with Gasteiger partial charge in [-0.15, -0.1) is 0 Å². The Balaban J connectivity index is 1.49. The lowest BCUT2D eigenvalue weighted by Crippen LogP contribution is -2.47. The molecule has 4 rings (SSSR count). The summed E-state index contributed by atoms with van der Waals surface area (Å²) < 4.78 is 27.7. The zero-order chi connectivity index (χ0) is 27.2. The molecule has 0 unspecified atom stereocenters. The molecule has 204 valence electrons. The molecule has 2 heterocycles. The predicted molar refractivity (Wildman–Crippen MR) is 138 cm³/mol. The number of aliphatic imine (C=N–C) groups is 1. The number of ether oxygens (including phenoxy) is 5. The van der Waals surface area contributed by atoms with Crippen molar-refractivity contribution in [3.05, 3.63) is 53.6 Å². The number of carbonyl (C=O) groups is 2. The first-order valence-electron chi connectivity index (χ1n) is 12.6. The first-order valence-corrected chi connectivity index (χ1v) is 12.6. The van der Waals surface area contributed by atoms with Crippen molar-refractivity contribution in [3.63, 3.8) is 0 Å². The lowest BCUT2D eigenvalue weighted by Gasteiger charge is -2.24. The van der Waals surface area contributed by atoms with E-state index in [1.807, 2.05) is 12.1 Å². The molecule has 1 atom stereocenters. The quantitative estimate of drug-likeness (QED) is 0.338. The number of rotatable bonds is 11. The molecule has 2 aliphatic rings. The molecule has 2 aromatic carbocycles. The van der Waals surface area contributed by atoms with E-state index in [1.54, 1.807) is 51.1 Å². The minimum absolute atomic E-state index is 0.00644. The Hall–Kier alpha value is -3.79. The minimum atomic E-state index is -1.29. The van der Waals surface area contributed by atoms with Crippen LogP contribution in [0.15, 0.2) is 47.5 Å². The van der Waals surface area contributed by atoms with Gasteiger partial charge in [-0.2, -0.15) is 0 Å². The molecule has 0 bridgehead atoms. The third-order valence-electron chi connectivity index (χ3n) is 5.91. The number of hydrogen-bond donors (Lipinski definition) is 2. The van der Waals surface area contributed by atoms with Gasteiger partial charge in [0.1, 0.15) is 18.0 Å². The first kappa shape index (κ1) is 27.3. The number of amides is 1. The number of nitrogens with one attached hydrogen (secondary N) is 1. The smallest absolute Gasteiger partial charge is 0.306 e. The van der Waals surface area contributed by atoms with Crippen LogP contribution in [0.3, 0.4) is 0 Å².